The summed E-state index contributed by atoms with van der Waals surface area (Å²) in [6.07, 6.45) is 0. The SMILES string of the molecule is O=C(OCCSc1ccccc1F)c1cc(=O)[nH]c2ccccc12. The first-order valence-corrected chi connectivity index (χ1v) is 8.30. The zero-order valence-electron chi connectivity index (χ0n) is 12.6. The Hall–Kier alpha value is -2.60. The van der Waals surface area contributed by atoms with E-state index in [1.54, 1.807) is 42.5 Å². The third-order valence-electron chi connectivity index (χ3n) is 3.38. The van der Waals surface area contributed by atoms with Crippen molar-refractivity contribution in [1.82, 2.24) is 4.98 Å². The van der Waals surface area contributed by atoms with Crippen LogP contribution in [0.3, 0.4) is 0 Å². The highest BCUT2D eigenvalue weighted by Crippen LogP contribution is 2.21. The van der Waals surface area contributed by atoms with E-state index in [1.165, 1.54) is 23.9 Å². The second-order valence-electron chi connectivity index (χ2n) is 5.01. The van der Waals surface area contributed by atoms with E-state index in [-0.39, 0.29) is 23.5 Å². The number of hydrogen-bond acceptors (Lipinski definition) is 4. The van der Waals surface area contributed by atoms with Crippen molar-refractivity contribution in [3.8, 4) is 0 Å². The van der Waals surface area contributed by atoms with Gasteiger partial charge in [-0.15, -0.1) is 11.8 Å². The minimum atomic E-state index is -0.563. The Balaban J connectivity index is 1.66. The molecular formula is C18H14FNO3S. The molecule has 1 N–H and O–H groups in total. The number of hydrogen-bond donors (Lipinski definition) is 1. The highest BCUT2D eigenvalue weighted by atomic mass is 32.2. The van der Waals surface area contributed by atoms with E-state index in [0.29, 0.717) is 21.6 Å². The Morgan fingerprint density at radius 2 is 1.88 bits per heavy atom. The summed E-state index contributed by atoms with van der Waals surface area (Å²) in [6, 6.07) is 14.7. The highest BCUT2D eigenvalue weighted by Gasteiger charge is 2.13. The van der Waals surface area contributed by atoms with Crippen LogP contribution in [0.4, 0.5) is 4.39 Å². The molecule has 0 bridgehead atoms. The van der Waals surface area contributed by atoms with Gasteiger partial charge in [-0.05, 0) is 18.2 Å². The van der Waals surface area contributed by atoms with Gasteiger partial charge in [0, 0.05) is 27.6 Å². The molecule has 0 saturated heterocycles. The number of nitrogens with one attached hydrogen (secondary N) is 1. The number of ether oxygens (including phenoxy) is 1. The van der Waals surface area contributed by atoms with Gasteiger partial charge in [-0.2, -0.15) is 0 Å². The summed E-state index contributed by atoms with van der Waals surface area (Å²) in [5.41, 5.74) is 0.448. The number of rotatable bonds is 5. The van der Waals surface area contributed by atoms with E-state index in [4.69, 9.17) is 4.74 Å². The Bertz CT molecular complexity index is 939. The number of thioether (sulfide) groups is 1. The maximum absolute atomic E-state index is 13.5. The van der Waals surface area contributed by atoms with Gasteiger partial charge in [0.25, 0.3) is 0 Å². The molecule has 122 valence electrons. The Labute approximate surface area is 141 Å². The van der Waals surface area contributed by atoms with E-state index in [0.717, 1.165) is 0 Å². The maximum Gasteiger partial charge on any atom is 0.339 e. The minimum Gasteiger partial charge on any atom is -0.461 e. The van der Waals surface area contributed by atoms with Crippen molar-refractivity contribution in [2.45, 2.75) is 4.90 Å². The number of aromatic nitrogens is 1. The number of aromatic amines is 1. The molecule has 2 aromatic carbocycles. The van der Waals surface area contributed by atoms with E-state index >= 15 is 0 Å². The number of carbonyl (C=O) groups is 1. The summed E-state index contributed by atoms with van der Waals surface area (Å²) in [6.45, 7) is 0.124. The number of esters is 1. The minimum absolute atomic E-state index is 0.124. The predicted octanol–water partition coefficient (Wildman–Crippen LogP) is 3.62. The normalized spacial score (nSPS) is 10.7. The van der Waals surface area contributed by atoms with Gasteiger partial charge in [-0.25, -0.2) is 9.18 Å². The predicted molar refractivity (Wildman–Crippen MR) is 92.0 cm³/mol. The first-order valence-electron chi connectivity index (χ1n) is 7.31. The molecule has 6 heteroatoms. The van der Waals surface area contributed by atoms with Crippen LogP contribution in [-0.4, -0.2) is 23.3 Å². The molecule has 0 fully saturated rings. The third-order valence-corrected chi connectivity index (χ3v) is 4.39. The standard InChI is InChI=1S/C18H14FNO3S/c19-14-6-2-4-8-16(14)24-10-9-23-18(22)13-11-17(21)20-15-7-3-1-5-12(13)15/h1-8,11H,9-10H2,(H,20,21). The lowest BCUT2D eigenvalue weighted by Gasteiger charge is -2.07. The molecule has 0 saturated carbocycles. The molecule has 0 unspecified atom stereocenters. The van der Waals surface area contributed by atoms with Crippen molar-refractivity contribution in [1.29, 1.82) is 0 Å². The van der Waals surface area contributed by atoms with Crippen LogP contribution in [0.5, 0.6) is 0 Å². The molecule has 0 amide bonds. The summed E-state index contributed by atoms with van der Waals surface area (Å²) >= 11 is 1.27. The molecule has 0 radical (unpaired) electrons. The second-order valence-corrected chi connectivity index (χ2v) is 6.14. The number of carbonyl (C=O) groups excluding carboxylic acids is 1. The first-order chi connectivity index (χ1) is 11.6. The highest BCUT2D eigenvalue weighted by molar-refractivity contribution is 7.99. The summed E-state index contributed by atoms with van der Waals surface area (Å²) in [5.74, 6) is -0.436. The lowest BCUT2D eigenvalue weighted by Crippen LogP contribution is -2.14. The van der Waals surface area contributed by atoms with Gasteiger partial charge in [0.2, 0.25) is 5.56 Å². The molecule has 0 spiro atoms. The van der Waals surface area contributed by atoms with Crippen molar-refractivity contribution in [3.63, 3.8) is 0 Å². The fourth-order valence-electron chi connectivity index (χ4n) is 2.30. The number of benzene rings is 2. The van der Waals surface area contributed by atoms with Gasteiger partial charge in [0.1, 0.15) is 12.4 Å². The van der Waals surface area contributed by atoms with Gasteiger partial charge < -0.3 is 9.72 Å². The molecule has 24 heavy (non-hydrogen) atoms. The quantitative estimate of drug-likeness (QED) is 0.437. The number of H-pyrrole nitrogens is 1. The summed E-state index contributed by atoms with van der Waals surface area (Å²) < 4.78 is 18.7. The van der Waals surface area contributed by atoms with Crippen LogP contribution in [0.2, 0.25) is 0 Å². The Kier molecular flexibility index (Phi) is 4.96. The smallest absolute Gasteiger partial charge is 0.339 e. The van der Waals surface area contributed by atoms with Gasteiger partial charge in [-0.1, -0.05) is 30.3 Å². The van der Waals surface area contributed by atoms with Crippen LogP contribution < -0.4 is 5.56 Å². The molecule has 0 atom stereocenters. The van der Waals surface area contributed by atoms with Crippen molar-refractivity contribution >= 4 is 28.6 Å². The second kappa shape index (κ2) is 7.31. The molecule has 1 heterocycles. The van der Waals surface area contributed by atoms with Crippen molar-refractivity contribution < 1.29 is 13.9 Å². The average Bonchev–Trinajstić information content (AvgIpc) is 2.59. The van der Waals surface area contributed by atoms with Crippen LogP contribution in [0, 0.1) is 5.82 Å². The zero-order valence-corrected chi connectivity index (χ0v) is 13.4. The largest absolute Gasteiger partial charge is 0.461 e. The van der Waals surface area contributed by atoms with Gasteiger partial charge in [-0.3, -0.25) is 4.79 Å². The fourth-order valence-corrected chi connectivity index (χ4v) is 3.07. The van der Waals surface area contributed by atoms with Crippen LogP contribution >= 0.6 is 11.8 Å². The van der Waals surface area contributed by atoms with Gasteiger partial charge in [0.05, 0.1) is 5.56 Å². The maximum atomic E-state index is 13.5. The molecule has 0 aliphatic carbocycles. The van der Waals surface area contributed by atoms with E-state index < -0.39 is 5.97 Å². The number of para-hydroxylation sites is 1. The number of pyridine rings is 1. The van der Waals surface area contributed by atoms with Gasteiger partial charge >= 0.3 is 5.97 Å². The van der Waals surface area contributed by atoms with Crippen LogP contribution in [0.25, 0.3) is 10.9 Å². The van der Waals surface area contributed by atoms with Crippen molar-refractivity contribution in [2.24, 2.45) is 0 Å². The molecular weight excluding hydrogens is 329 g/mol. The Morgan fingerprint density at radius 1 is 1.12 bits per heavy atom. The summed E-state index contributed by atoms with van der Waals surface area (Å²) in [5, 5.41) is 0.629. The summed E-state index contributed by atoms with van der Waals surface area (Å²) in [4.78, 5) is 27.1. The molecule has 4 nitrogen and oxygen atoms in total. The topological polar surface area (TPSA) is 59.2 Å². The van der Waals surface area contributed by atoms with Crippen LogP contribution in [-0.2, 0) is 4.74 Å². The van der Waals surface area contributed by atoms with Crippen LogP contribution in [0.15, 0.2) is 64.3 Å². The van der Waals surface area contributed by atoms with Crippen molar-refractivity contribution in [2.75, 3.05) is 12.4 Å². The van der Waals surface area contributed by atoms with E-state index in [9.17, 15) is 14.0 Å². The molecule has 3 aromatic rings. The lowest BCUT2D eigenvalue weighted by atomic mass is 10.1. The average molecular weight is 343 g/mol. The lowest BCUT2D eigenvalue weighted by molar-refractivity contribution is 0.0532. The fraction of sp³-hybridized carbons (Fsp3) is 0.111. The molecule has 0 aliphatic heterocycles. The van der Waals surface area contributed by atoms with Crippen molar-refractivity contribution in [3.05, 3.63) is 76.3 Å². The third kappa shape index (κ3) is 3.65. The molecule has 3 rings (SSSR count). The van der Waals surface area contributed by atoms with E-state index in [2.05, 4.69) is 4.98 Å². The number of halogens is 1. The van der Waals surface area contributed by atoms with Crippen LogP contribution in [0.1, 0.15) is 10.4 Å². The van der Waals surface area contributed by atoms with E-state index in [1.807, 2.05) is 0 Å². The molecule has 0 aliphatic rings. The van der Waals surface area contributed by atoms with Gasteiger partial charge in [0.15, 0.2) is 0 Å². The first kappa shape index (κ1) is 16.3. The summed E-state index contributed by atoms with van der Waals surface area (Å²) in [7, 11) is 0. The Morgan fingerprint density at radius 3 is 2.71 bits per heavy atom. The monoisotopic (exact) mass is 343 g/mol. The zero-order chi connectivity index (χ0) is 16.9. The number of fused-ring (bicyclic) bond motifs is 1. The molecule has 1 aromatic heterocycles.